The van der Waals surface area contributed by atoms with Crippen LogP contribution in [-0.4, -0.2) is 18.5 Å². The minimum Gasteiger partial charge on any atom is -0.292 e. The van der Waals surface area contributed by atoms with Crippen LogP contribution >= 0.6 is 23.2 Å². The number of carbonyl (C=O) groups excluding carboxylic acids is 2. The van der Waals surface area contributed by atoms with Gasteiger partial charge in [0.05, 0.1) is 16.6 Å². The third kappa shape index (κ3) is 2.37. The summed E-state index contributed by atoms with van der Waals surface area (Å²) in [6.45, 7) is 2.04. The molecule has 17 heavy (non-hydrogen) atoms. The van der Waals surface area contributed by atoms with Gasteiger partial charge in [-0.3, -0.25) is 15.0 Å². The molecule has 2 rings (SSSR count). The van der Waals surface area contributed by atoms with Crippen LogP contribution in [-0.2, 0) is 4.79 Å². The van der Waals surface area contributed by atoms with Gasteiger partial charge in [0.2, 0.25) is 5.91 Å². The van der Waals surface area contributed by atoms with Crippen molar-refractivity contribution in [3.8, 4) is 0 Å². The minimum atomic E-state index is -0.475. The molecule has 0 spiro atoms. The maximum atomic E-state index is 11.7. The normalized spacial score (nSPS) is 20.4. The average molecular weight is 273 g/mol. The Balaban J connectivity index is 2.36. The van der Waals surface area contributed by atoms with Crippen molar-refractivity contribution in [1.82, 2.24) is 5.32 Å². The van der Waals surface area contributed by atoms with Crippen molar-refractivity contribution in [2.75, 3.05) is 11.4 Å². The molecule has 0 bridgehead atoms. The summed E-state index contributed by atoms with van der Waals surface area (Å²) < 4.78 is 0. The molecule has 0 aliphatic carbocycles. The van der Waals surface area contributed by atoms with Gasteiger partial charge < -0.3 is 0 Å². The number of rotatable bonds is 1. The summed E-state index contributed by atoms with van der Waals surface area (Å²) in [4.78, 5) is 24.4. The minimum absolute atomic E-state index is 0.274. The van der Waals surface area contributed by atoms with Crippen molar-refractivity contribution < 1.29 is 9.59 Å². The maximum absolute atomic E-state index is 11.7. The summed E-state index contributed by atoms with van der Waals surface area (Å²) in [6.07, 6.45) is 0. The number of hydrogen-bond donors (Lipinski definition) is 1. The molecule has 1 fully saturated rings. The lowest BCUT2D eigenvalue weighted by molar-refractivity contribution is -0.123. The molecule has 1 aliphatic heterocycles. The average Bonchev–Trinajstić information content (AvgIpc) is 2.27. The van der Waals surface area contributed by atoms with Crippen molar-refractivity contribution in [3.63, 3.8) is 0 Å². The van der Waals surface area contributed by atoms with E-state index in [4.69, 9.17) is 23.2 Å². The summed E-state index contributed by atoms with van der Waals surface area (Å²) in [7, 11) is 0. The van der Waals surface area contributed by atoms with E-state index in [2.05, 4.69) is 5.32 Å². The molecule has 1 aromatic carbocycles. The number of carbonyl (C=O) groups is 2. The predicted molar refractivity (Wildman–Crippen MR) is 66.5 cm³/mol. The molecule has 90 valence electrons. The van der Waals surface area contributed by atoms with Gasteiger partial charge in [-0.05, 0) is 18.2 Å². The number of nitrogens with zero attached hydrogens (tertiary/aromatic N) is 1. The molecule has 1 heterocycles. The van der Waals surface area contributed by atoms with Gasteiger partial charge in [-0.2, -0.15) is 0 Å². The van der Waals surface area contributed by atoms with E-state index in [9.17, 15) is 9.59 Å². The van der Waals surface area contributed by atoms with E-state index >= 15 is 0 Å². The number of halogens is 2. The van der Waals surface area contributed by atoms with E-state index in [1.165, 1.54) is 4.90 Å². The number of nitrogens with one attached hydrogen (secondary N) is 1. The Morgan fingerprint density at radius 1 is 1.35 bits per heavy atom. The van der Waals surface area contributed by atoms with Gasteiger partial charge in [-0.25, -0.2) is 4.79 Å². The Kier molecular flexibility index (Phi) is 3.26. The summed E-state index contributed by atoms with van der Waals surface area (Å²) in [5.41, 5.74) is 0.510. The van der Waals surface area contributed by atoms with E-state index in [1.54, 1.807) is 25.1 Å². The molecule has 1 N–H and O–H groups in total. The predicted octanol–water partition coefficient (Wildman–Crippen LogP) is 2.69. The fraction of sp³-hybridized carbons (Fsp3) is 0.273. The number of urea groups is 1. The first-order valence-electron chi connectivity index (χ1n) is 5.06. The second-order valence-electron chi connectivity index (χ2n) is 3.90. The Morgan fingerprint density at radius 3 is 2.76 bits per heavy atom. The molecule has 0 radical (unpaired) electrons. The van der Waals surface area contributed by atoms with Crippen LogP contribution in [0.5, 0.6) is 0 Å². The Morgan fingerprint density at radius 2 is 2.06 bits per heavy atom. The van der Waals surface area contributed by atoms with Gasteiger partial charge in [0.25, 0.3) is 0 Å². The van der Waals surface area contributed by atoms with Gasteiger partial charge in [-0.15, -0.1) is 0 Å². The first-order chi connectivity index (χ1) is 7.99. The first-order valence-corrected chi connectivity index (χ1v) is 5.82. The molecule has 0 aromatic heterocycles. The molecule has 1 aliphatic rings. The second-order valence-corrected chi connectivity index (χ2v) is 4.75. The summed E-state index contributed by atoms with van der Waals surface area (Å²) in [6, 6.07) is 4.39. The lowest BCUT2D eigenvalue weighted by atomic mass is 10.1. The molecule has 1 aromatic rings. The molecule has 4 nitrogen and oxygen atoms in total. The highest BCUT2D eigenvalue weighted by Gasteiger charge is 2.31. The largest absolute Gasteiger partial charge is 0.328 e. The zero-order chi connectivity index (χ0) is 12.6. The van der Waals surface area contributed by atoms with Crippen molar-refractivity contribution in [2.45, 2.75) is 6.92 Å². The number of hydrogen-bond acceptors (Lipinski definition) is 2. The van der Waals surface area contributed by atoms with Crippen LogP contribution in [0, 0.1) is 5.92 Å². The van der Waals surface area contributed by atoms with Gasteiger partial charge in [-0.1, -0.05) is 30.1 Å². The second kappa shape index (κ2) is 4.55. The lowest BCUT2D eigenvalue weighted by Gasteiger charge is -2.30. The van der Waals surface area contributed by atoms with E-state index in [0.717, 1.165) is 0 Å². The number of imide groups is 1. The molecule has 6 heteroatoms. The Hall–Kier alpha value is -1.26. The molecule has 1 atom stereocenters. The highest BCUT2D eigenvalue weighted by atomic mass is 35.5. The monoisotopic (exact) mass is 272 g/mol. The SMILES string of the molecule is CC1CN(c2cc(Cl)ccc2Cl)C(=O)NC1=O. The van der Waals surface area contributed by atoms with Crippen LogP contribution in [0.25, 0.3) is 0 Å². The Bertz CT molecular complexity index is 490. The van der Waals surface area contributed by atoms with E-state index in [1.807, 2.05) is 0 Å². The number of anilines is 1. The molecule has 3 amide bonds. The topological polar surface area (TPSA) is 49.4 Å². The number of benzene rings is 1. The molecule has 0 saturated carbocycles. The van der Waals surface area contributed by atoms with Crippen LogP contribution in [0.15, 0.2) is 18.2 Å². The van der Waals surface area contributed by atoms with Crippen LogP contribution in [0.2, 0.25) is 10.0 Å². The van der Waals surface area contributed by atoms with Crippen molar-refractivity contribution in [1.29, 1.82) is 0 Å². The fourth-order valence-corrected chi connectivity index (χ4v) is 2.02. The third-order valence-corrected chi connectivity index (χ3v) is 3.13. The zero-order valence-electron chi connectivity index (χ0n) is 9.04. The number of amides is 3. The van der Waals surface area contributed by atoms with Crippen molar-refractivity contribution in [3.05, 3.63) is 28.2 Å². The van der Waals surface area contributed by atoms with E-state index < -0.39 is 6.03 Å². The summed E-state index contributed by atoms with van der Waals surface area (Å²) in [5.74, 6) is -0.549. The van der Waals surface area contributed by atoms with Gasteiger partial charge in [0, 0.05) is 11.6 Å². The molecule has 1 unspecified atom stereocenters. The van der Waals surface area contributed by atoms with Crippen LogP contribution in [0.4, 0.5) is 10.5 Å². The van der Waals surface area contributed by atoms with Gasteiger partial charge in [0.15, 0.2) is 0 Å². The highest BCUT2D eigenvalue weighted by Crippen LogP contribution is 2.30. The standard InChI is InChI=1S/C11H10Cl2N2O2/c1-6-5-15(11(17)14-10(6)16)9-4-7(12)2-3-8(9)13/h2-4,6H,5H2,1H3,(H,14,16,17). The summed E-state index contributed by atoms with van der Waals surface area (Å²) >= 11 is 11.9. The first kappa shape index (κ1) is 12.2. The quantitative estimate of drug-likeness (QED) is 0.855. The molecule has 1 saturated heterocycles. The lowest BCUT2D eigenvalue weighted by Crippen LogP contribution is -2.54. The van der Waals surface area contributed by atoms with Crippen LogP contribution < -0.4 is 10.2 Å². The van der Waals surface area contributed by atoms with Crippen LogP contribution in [0.1, 0.15) is 6.92 Å². The van der Waals surface area contributed by atoms with Crippen molar-refractivity contribution in [2.24, 2.45) is 5.92 Å². The van der Waals surface area contributed by atoms with E-state index in [0.29, 0.717) is 22.3 Å². The van der Waals surface area contributed by atoms with Gasteiger partial charge >= 0.3 is 6.03 Å². The fourth-order valence-electron chi connectivity index (χ4n) is 1.64. The van der Waals surface area contributed by atoms with Crippen molar-refractivity contribution >= 4 is 40.8 Å². The third-order valence-electron chi connectivity index (χ3n) is 2.58. The Labute approximate surface area is 108 Å². The molecular formula is C11H10Cl2N2O2. The zero-order valence-corrected chi connectivity index (χ0v) is 10.5. The smallest absolute Gasteiger partial charge is 0.292 e. The molecular weight excluding hydrogens is 263 g/mol. The summed E-state index contributed by atoms with van der Waals surface area (Å²) in [5, 5.41) is 3.18. The van der Waals surface area contributed by atoms with Gasteiger partial charge in [0.1, 0.15) is 0 Å². The van der Waals surface area contributed by atoms with E-state index in [-0.39, 0.29) is 11.8 Å². The maximum Gasteiger partial charge on any atom is 0.328 e. The highest BCUT2D eigenvalue weighted by molar-refractivity contribution is 6.36. The van der Waals surface area contributed by atoms with Crippen LogP contribution in [0.3, 0.4) is 0 Å².